The third-order valence-corrected chi connectivity index (χ3v) is 13.6. The number of aliphatic hydroxyl groups is 3. The molecule has 33 heavy (non-hydrogen) atoms. The van der Waals surface area contributed by atoms with Gasteiger partial charge in [0.2, 0.25) is 0 Å². The van der Waals surface area contributed by atoms with E-state index < -0.39 is 17.8 Å². The molecule has 11 atom stereocenters. The van der Waals surface area contributed by atoms with E-state index in [4.69, 9.17) is 0 Å². The van der Waals surface area contributed by atoms with Gasteiger partial charge in [-0.05, 0) is 116 Å². The highest BCUT2D eigenvalue weighted by Crippen LogP contribution is 2.78. The molecule has 0 spiro atoms. The van der Waals surface area contributed by atoms with Crippen LogP contribution < -0.4 is 0 Å². The lowest BCUT2D eigenvalue weighted by molar-refractivity contribution is -0.310. The van der Waals surface area contributed by atoms with Crippen molar-refractivity contribution < 1.29 is 15.3 Å². The van der Waals surface area contributed by atoms with Crippen molar-refractivity contribution in [3.05, 3.63) is 0 Å². The van der Waals surface area contributed by atoms with E-state index in [-0.39, 0.29) is 33.0 Å². The van der Waals surface area contributed by atoms with Crippen LogP contribution in [0.3, 0.4) is 0 Å². The predicted molar refractivity (Wildman–Crippen MR) is 134 cm³/mol. The minimum Gasteiger partial charge on any atom is -0.390 e. The molecule has 0 bridgehead atoms. The van der Waals surface area contributed by atoms with Crippen LogP contribution in [-0.2, 0) is 0 Å². The fourth-order valence-electron chi connectivity index (χ4n) is 12.3. The molecule has 0 aromatic carbocycles. The summed E-state index contributed by atoms with van der Waals surface area (Å²) in [7, 11) is 0. The van der Waals surface area contributed by atoms with E-state index in [0.29, 0.717) is 23.7 Å². The highest BCUT2D eigenvalue weighted by molar-refractivity contribution is 5.23. The van der Waals surface area contributed by atoms with E-state index in [9.17, 15) is 15.3 Å². The Labute approximate surface area is 203 Å². The van der Waals surface area contributed by atoms with Gasteiger partial charge in [0.05, 0.1) is 17.8 Å². The zero-order chi connectivity index (χ0) is 24.4. The zero-order valence-electron chi connectivity index (χ0n) is 22.7. The first kappa shape index (κ1) is 24.6. The Morgan fingerprint density at radius 3 is 2.00 bits per heavy atom. The molecule has 5 rings (SSSR count). The van der Waals surface area contributed by atoms with Crippen molar-refractivity contribution in [3.8, 4) is 0 Å². The maximum absolute atomic E-state index is 12.0. The van der Waals surface area contributed by atoms with Crippen molar-refractivity contribution in [1.29, 1.82) is 0 Å². The van der Waals surface area contributed by atoms with Crippen molar-refractivity contribution in [2.45, 2.75) is 131 Å². The maximum Gasteiger partial charge on any atom is 0.0863 e. The van der Waals surface area contributed by atoms with Crippen molar-refractivity contribution in [2.75, 3.05) is 0 Å². The van der Waals surface area contributed by atoms with Crippen LogP contribution in [0.2, 0.25) is 0 Å². The topological polar surface area (TPSA) is 60.7 Å². The minimum absolute atomic E-state index is 0.0195. The molecule has 5 saturated carbocycles. The van der Waals surface area contributed by atoms with Crippen LogP contribution in [0.5, 0.6) is 0 Å². The van der Waals surface area contributed by atoms with Crippen molar-refractivity contribution in [1.82, 2.24) is 0 Å². The van der Waals surface area contributed by atoms with Crippen LogP contribution in [0.4, 0.5) is 0 Å². The van der Waals surface area contributed by atoms with E-state index >= 15 is 0 Å². The van der Waals surface area contributed by atoms with Gasteiger partial charge in [0.25, 0.3) is 0 Å². The number of fused-ring (bicyclic) bond motifs is 7. The molecule has 0 unspecified atom stereocenters. The van der Waals surface area contributed by atoms with Gasteiger partial charge in [0.1, 0.15) is 0 Å². The van der Waals surface area contributed by atoms with E-state index in [1.807, 2.05) is 13.8 Å². The first-order valence-corrected chi connectivity index (χ1v) is 14.1. The molecular formula is C30H52O3. The van der Waals surface area contributed by atoms with Crippen molar-refractivity contribution >= 4 is 0 Å². The summed E-state index contributed by atoms with van der Waals surface area (Å²) in [5.41, 5.74) is -0.486. The van der Waals surface area contributed by atoms with Gasteiger partial charge in [-0.3, -0.25) is 0 Å². The monoisotopic (exact) mass is 460 g/mol. The second-order valence-corrected chi connectivity index (χ2v) is 15.6. The van der Waals surface area contributed by atoms with Gasteiger partial charge in [-0.25, -0.2) is 0 Å². The summed E-state index contributed by atoms with van der Waals surface area (Å²) in [5.74, 6) is 2.13. The molecule has 0 aromatic heterocycles. The summed E-state index contributed by atoms with van der Waals surface area (Å²) in [5, 5.41) is 34.8. The maximum atomic E-state index is 12.0. The number of rotatable bonds is 1. The molecule has 5 aliphatic rings. The number of hydrogen-bond acceptors (Lipinski definition) is 3. The Balaban J connectivity index is 1.58. The van der Waals surface area contributed by atoms with Crippen LogP contribution in [0.25, 0.3) is 0 Å². The molecule has 0 radical (unpaired) electrons. The van der Waals surface area contributed by atoms with Crippen LogP contribution in [0.15, 0.2) is 0 Å². The Hall–Kier alpha value is -0.120. The molecule has 0 heterocycles. The molecule has 3 heteroatoms. The van der Waals surface area contributed by atoms with E-state index in [0.717, 1.165) is 25.7 Å². The van der Waals surface area contributed by atoms with E-state index in [1.165, 1.54) is 32.1 Å². The normalized spacial score (nSPS) is 58.1. The molecular weight excluding hydrogens is 408 g/mol. The summed E-state index contributed by atoms with van der Waals surface area (Å²) >= 11 is 0. The van der Waals surface area contributed by atoms with E-state index in [2.05, 4.69) is 41.5 Å². The summed E-state index contributed by atoms with van der Waals surface area (Å²) in [4.78, 5) is 0. The Morgan fingerprint density at radius 1 is 0.727 bits per heavy atom. The van der Waals surface area contributed by atoms with Crippen LogP contribution in [0.1, 0.15) is 113 Å². The molecule has 5 aliphatic carbocycles. The third-order valence-electron chi connectivity index (χ3n) is 13.6. The average Bonchev–Trinajstić information content (AvgIpc) is 3.04. The van der Waals surface area contributed by atoms with Gasteiger partial charge in [-0.1, -0.05) is 48.0 Å². The average molecular weight is 461 g/mol. The molecule has 3 N–H and O–H groups in total. The first-order valence-electron chi connectivity index (χ1n) is 14.1. The Kier molecular flexibility index (Phi) is 5.21. The lowest BCUT2D eigenvalue weighted by atomic mass is 9.31. The van der Waals surface area contributed by atoms with Crippen LogP contribution in [0, 0.1) is 56.7 Å². The van der Waals surface area contributed by atoms with Crippen molar-refractivity contribution in [3.63, 3.8) is 0 Å². The molecule has 190 valence electrons. The Morgan fingerprint density at radius 2 is 1.36 bits per heavy atom. The van der Waals surface area contributed by atoms with Gasteiger partial charge in [-0.2, -0.15) is 0 Å². The largest absolute Gasteiger partial charge is 0.390 e. The van der Waals surface area contributed by atoms with Gasteiger partial charge >= 0.3 is 0 Å². The highest BCUT2D eigenvalue weighted by Gasteiger charge is 2.74. The molecule has 0 aliphatic heterocycles. The molecule has 0 saturated heterocycles. The molecule has 3 nitrogen and oxygen atoms in total. The Bertz CT molecular complexity index is 799. The standard InChI is InChI=1S/C30H52O3/c1-25(2)14-9-15-28(6)21-11-10-20-27(5)16-12-18(26(3,4)33)19(27)13-17-29(20,7)30(21,8)24(32)22(31)23(25)28/h18-24,31-33H,9-17H2,1-8H3/t18-,19-,20+,21+,22-,23-,24-,27-,28+,29+,30-/m0/s1. The number of aliphatic hydroxyl groups excluding tert-OH is 2. The summed E-state index contributed by atoms with van der Waals surface area (Å²) in [6.45, 7) is 18.6. The molecule has 0 aromatic rings. The SMILES string of the molecule is CC(C)(O)[C@H]1CC[C@]2(C)[C@H]3CC[C@@H]4[C@@]5(C)CCCC(C)(C)[C@@H]5[C@H](O)[C@H](O)[C@@]4(C)[C@]3(C)CC[C@@H]12. The fourth-order valence-corrected chi connectivity index (χ4v) is 12.3. The summed E-state index contributed by atoms with van der Waals surface area (Å²) < 4.78 is 0. The fraction of sp³-hybridized carbons (Fsp3) is 1.00. The van der Waals surface area contributed by atoms with Gasteiger partial charge < -0.3 is 15.3 Å². The van der Waals surface area contributed by atoms with Crippen molar-refractivity contribution in [2.24, 2.45) is 56.7 Å². The minimum atomic E-state index is -0.655. The molecule has 5 fully saturated rings. The highest BCUT2D eigenvalue weighted by atomic mass is 16.3. The second-order valence-electron chi connectivity index (χ2n) is 15.6. The smallest absolute Gasteiger partial charge is 0.0863 e. The molecule has 0 amide bonds. The quantitative estimate of drug-likeness (QED) is 0.437. The van der Waals surface area contributed by atoms with Gasteiger partial charge in [0, 0.05) is 5.41 Å². The number of hydrogen-bond donors (Lipinski definition) is 3. The third kappa shape index (κ3) is 2.85. The summed E-state index contributed by atoms with van der Waals surface area (Å²) in [6, 6.07) is 0. The van der Waals surface area contributed by atoms with Crippen LogP contribution >= 0.6 is 0 Å². The second kappa shape index (κ2) is 7.00. The van der Waals surface area contributed by atoms with E-state index in [1.54, 1.807) is 0 Å². The predicted octanol–water partition coefficient (Wildman–Crippen LogP) is 6.19. The van der Waals surface area contributed by atoms with Gasteiger partial charge in [0.15, 0.2) is 0 Å². The lowest BCUT2D eigenvalue weighted by Gasteiger charge is -2.75. The van der Waals surface area contributed by atoms with Crippen LogP contribution in [-0.4, -0.2) is 33.1 Å². The van der Waals surface area contributed by atoms with Gasteiger partial charge in [-0.15, -0.1) is 0 Å². The zero-order valence-corrected chi connectivity index (χ0v) is 22.7. The lowest BCUT2D eigenvalue weighted by Crippen LogP contribution is -2.74. The summed E-state index contributed by atoms with van der Waals surface area (Å²) in [6.07, 6.45) is 9.29. The first-order chi connectivity index (χ1) is 15.0.